The van der Waals surface area contributed by atoms with E-state index in [2.05, 4.69) is 22.1 Å². The van der Waals surface area contributed by atoms with Crippen molar-refractivity contribution >= 4 is 11.5 Å². The maximum absolute atomic E-state index is 13.0. The van der Waals surface area contributed by atoms with Crippen molar-refractivity contribution < 1.29 is 18.7 Å². The number of halogens is 1. The minimum atomic E-state index is -0.464. The van der Waals surface area contributed by atoms with Gasteiger partial charge in [0.05, 0.1) is 38.4 Å². The van der Waals surface area contributed by atoms with Gasteiger partial charge >= 0.3 is 5.97 Å². The van der Waals surface area contributed by atoms with Crippen LogP contribution < -0.4 is 0 Å². The molecular weight excluding hydrogens is 383 g/mol. The third-order valence-electron chi connectivity index (χ3n) is 5.74. The molecule has 0 N–H and O–H groups in total. The van der Waals surface area contributed by atoms with Crippen molar-refractivity contribution in [3.63, 3.8) is 0 Å². The van der Waals surface area contributed by atoms with E-state index < -0.39 is 5.97 Å². The molecule has 6 heteroatoms. The molecule has 0 atom stereocenters. The number of esters is 1. The van der Waals surface area contributed by atoms with Crippen molar-refractivity contribution in [2.45, 2.75) is 44.4 Å². The number of alkyl halides is 1. The first kappa shape index (κ1) is 20.7. The number of rotatable bonds is 8. The summed E-state index contributed by atoms with van der Waals surface area (Å²) in [5.74, 6) is -0.0625. The number of benzene rings is 1. The van der Waals surface area contributed by atoms with Crippen LogP contribution in [0.5, 0.6) is 0 Å². The van der Waals surface area contributed by atoms with Crippen LogP contribution in [-0.4, -0.2) is 42.9 Å². The van der Waals surface area contributed by atoms with Crippen LogP contribution in [0.2, 0.25) is 0 Å². The Morgan fingerprint density at radius 1 is 1.33 bits per heavy atom. The summed E-state index contributed by atoms with van der Waals surface area (Å²) in [6, 6.07) is 6.15. The van der Waals surface area contributed by atoms with Crippen LogP contribution in [0.3, 0.4) is 0 Å². The molecule has 2 aromatic rings. The van der Waals surface area contributed by atoms with Gasteiger partial charge in [0.15, 0.2) is 5.69 Å². The van der Waals surface area contributed by atoms with Crippen LogP contribution >= 0.6 is 0 Å². The van der Waals surface area contributed by atoms with Crippen molar-refractivity contribution in [2.75, 3.05) is 27.0 Å². The number of nitrogens with zero attached hydrogens (tertiary/aromatic N) is 2. The Hall–Kier alpha value is -2.60. The maximum Gasteiger partial charge on any atom is 0.358 e. The summed E-state index contributed by atoms with van der Waals surface area (Å²) < 4.78 is 23.5. The molecule has 2 heterocycles. The number of hydrogen-bond acceptors (Lipinski definition) is 5. The van der Waals surface area contributed by atoms with E-state index in [9.17, 15) is 9.18 Å². The quantitative estimate of drug-likeness (QED) is 0.602. The van der Waals surface area contributed by atoms with Crippen molar-refractivity contribution in [1.82, 2.24) is 9.97 Å². The van der Waals surface area contributed by atoms with E-state index in [0.717, 1.165) is 41.6 Å². The van der Waals surface area contributed by atoms with Gasteiger partial charge in [-0.2, -0.15) is 0 Å². The maximum atomic E-state index is 13.0. The van der Waals surface area contributed by atoms with E-state index in [1.165, 1.54) is 12.7 Å². The van der Waals surface area contributed by atoms with Crippen molar-refractivity contribution in [3.05, 3.63) is 64.2 Å². The molecule has 0 spiro atoms. The summed E-state index contributed by atoms with van der Waals surface area (Å²) in [5, 5.41) is 0. The van der Waals surface area contributed by atoms with Crippen molar-refractivity contribution in [1.29, 1.82) is 0 Å². The summed E-state index contributed by atoms with van der Waals surface area (Å²) >= 11 is 0. The normalized spacial score (nSPS) is 16.3. The highest BCUT2D eigenvalue weighted by atomic mass is 19.1. The highest BCUT2D eigenvalue weighted by Gasteiger charge is 2.28. The van der Waals surface area contributed by atoms with Crippen LogP contribution in [-0.2, 0) is 22.3 Å². The summed E-state index contributed by atoms with van der Waals surface area (Å²) in [4.78, 5) is 21.6. The number of methoxy groups -OCH3 is 1. The monoisotopic (exact) mass is 410 g/mol. The molecule has 2 aliphatic rings. The molecule has 1 aliphatic carbocycles. The van der Waals surface area contributed by atoms with Crippen LogP contribution in [0.1, 0.15) is 70.2 Å². The Bertz CT molecular complexity index is 953. The summed E-state index contributed by atoms with van der Waals surface area (Å²) in [6.45, 7) is 0.932. The Morgan fingerprint density at radius 2 is 2.20 bits per heavy atom. The van der Waals surface area contributed by atoms with Crippen molar-refractivity contribution in [3.8, 4) is 0 Å². The second-order valence-electron chi connectivity index (χ2n) is 7.82. The first-order chi connectivity index (χ1) is 14.7. The molecule has 1 saturated carbocycles. The SMILES string of the molecule is COC(=O)c1nc(C2CC2)cnc1Cc1cccc(C2=CCOCC2)c1CCCF. The number of carbonyl (C=O) groups is 1. The Kier molecular flexibility index (Phi) is 6.53. The molecule has 158 valence electrons. The van der Waals surface area contributed by atoms with Crippen LogP contribution in [0, 0.1) is 0 Å². The zero-order valence-electron chi connectivity index (χ0n) is 17.3. The summed E-state index contributed by atoms with van der Waals surface area (Å²) in [6.07, 6.45) is 8.46. The smallest absolute Gasteiger partial charge is 0.358 e. The molecule has 30 heavy (non-hydrogen) atoms. The average Bonchev–Trinajstić information content (AvgIpc) is 3.64. The fraction of sp³-hybridized carbons (Fsp3) is 0.458. The molecule has 0 saturated heterocycles. The lowest BCUT2D eigenvalue weighted by Gasteiger charge is -2.20. The fourth-order valence-electron chi connectivity index (χ4n) is 3.98. The molecular formula is C24H27FN2O3. The molecule has 0 bridgehead atoms. The number of ether oxygens (including phenoxy) is 2. The summed E-state index contributed by atoms with van der Waals surface area (Å²) in [5.41, 5.74) is 6.30. The van der Waals surface area contributed by atoms with E-state index in [1.807, 2.05) is 12.1 Å². The largest absolute Gasteiger partial charge is 0.464 e. The van der Waals surface area contributed by atoms with Gasteiger partial charge in [0.2, 0.25) is 0 Å². The van der Waals surface area contributed by atoms with Gasteiger partial charge in [-0.3, -0.25) is 9.37 Å². The van der Waals surface area contributed by atoms with Gasteiger partial charge in [-0.15, -0.1) is 0 Å². The van der Waals surface area contributed by atoms with Crippen LogP contribution in [0.25, 0.3) is 5.57 Å². The number of carbonyl (C=O) groups excluding carboxylic acids is 1. The minimum Gasteiger partial charge on any atom is -0.464 e. The second-order valence-corrected chi connectivity index (χ2v) is 7.82. The predicted octanol–water partition coefficient (Wildman–Crippen LogP) is 4.44. The van der Waals surface area contributed by atoms with Gasteiger partial charge in [-0.25, -0.2) is 9.78 Å². The van der Waals surface area contributed by atoms with E-state index in [1.54, 1.807) is 6.20 Å². The van der Waals surface area contributed by atoms with Crippen molar-refractivity contribution in [2.24, 2.45) is 0 Å². The average molecular weight is 410 g/mol. The van der Waals surface area contributed by atoms with E-state index in [4.69, 9.17) is 9.47 Å². The van der Waals surface area contributed by atoms with Gasteiger partial charge < -0.3 is 9.47 Å². The topological polar surface area (TPSA) is 61.3 Å². The Balaban J connectivity index is 1.71. The van der Waals surface area contributed by atoms with Gasteiger partial charge in [-0.05, 0) is 54.4 Å². The molecule has 0 unspecified atom stereocenters. The molecule has 1 aromatic carbocycles. The van der Waals surface area contributed by atoms with E-state index in [0.29, 0.717) is 44.1 Å². The highest BCUT2D eigenvalue weighted by Crippen LogP contribution is 2.39. The molecule has 1 fully saturated rings. The summed E-state index contributed by atoms with van der Waals surface area (Å²) in [7, 11) is 1.36. The highest BCUT2D eigenvalue weighted by molar-refractivity contribution is 5.88. The zero-order valence-corrected chi connectivity index (χ0v) is 17.3. The van der Waals surface area contributed by atoms with Gasteiger partial charge in [-0.1, -0.05) is 24.3 Å². The second kappa shape index (κ2) is 9.47. The standard InChI is InChI=1S/C24H27FN2O3/c1-29-24(28)23-21(26-15-22(27-23)17-7-8-17)14-18-4-2-5-19(20(18)6-3-11-25)16-9-12-30-13-10-16/h2,4-5,9,15,17H,3,6-8,10-14H2,1H3. The third-order valence-corrected chi connectivity index (χ3v) is 5.74. The van der Waals surface area contributed by atoms with E-state index >= 15 is 0 Å². The molecule has 0 amide bonds. The predicted molar refractivity (Wildman–Crippen MR) is 112 cm³/mol. The number of aromatic nitrogens is 2. The fourth-order valence-corrected chi connectivity index (χ4v) is 3.98. The third kappa shape index (κ3) is 4.59. The first-order valence-corrected chi connectivity index (χ1v) is 10.6. The van der Waals surface area contributed by atoms with Gasteiger partial charge in [0.25, 0.3) is 0 Å². The van der Waals surface area contributed by atoms with Crippen LogP contribution in [0.15, 0.2) is 30.5 Å². The van der Waals surface area contributed by atoms with Gasteiger partial charge in [0.1, 0.15) is 0 Å². The van der Waals surface area contributed by atoms with E-state index in [-0.39, 0.29) is 12.4 Å². The number of hydrogen-bond donors (Lipinski definition) is 0. The zero-order chi connectivity index (χ0) is 20.9. The molecule has 1 aliphatic heterocycles. The minimum absolute atomic E-state index is 0.286. The lowest BCUT2D eigenvalue weighted by Crippen LogP contribution is -2.14. The van der Waals surface area contributed by atoms with Crippen LogP contribution in [0.4, 0.5) is 4.39 Å². The molecule has 4 rings (SSSR count). The molecule has 0 radical (unpaired) electrons. The first-order valence-electron chi connectivity index (χ1n) is 10.6. The Labute approximate surface area is 176 Å². The van der Waals surface area contributed by atoms with Gasteiger partial charge in [0, 0.05) is 18.5 Å². The molecule has 1 aromatic heterocycles. The Morgan fingerprint density at radius 3 is 2.90 bits per heavy atom. The lowest BCUT2D eigenvalue weighted by atomic mass is 9.88. The lowest BCUT2D eigenvalue weighted by molar-refractivity contribution is 0.0591. The molecule has 5 nitrogen and oxygen atoms in total.